The molecule has 0 unspecified atom stereocenters. The van der Waals surface area contributed by atoms with Gasteiger partial charge in [-0.3, -0.25) is 4.79 Å². The first kappa shape index (κ1) is 19.8. The van der Waals surface area contributed by atoms with Crippen LogP contribution in [0.4, 0.5) is 4.79 Å². The van der Waals surface area contributed by atoms with Crippen LogP contribution in [-0.4, -0.2) is 61.8 Å². The van der Waals surface area contributed by atoms with Crippen molar-refractivity contribution >= 4 is 12.0 Å². The van der Waals surface area contributed by atoms with Crippen molar-refractivity contribution in [2.75, 3.05) is 13.1 Å². The lowest BCUT2D eigenvalue weighted by Crippen LogP contribution is -2.49. The third kappa shape index (κ3) is 5.05. The molecule has 2 amide bonds. The van der Waals surface area contributed by atoms with E-state index in [4.69, 9.17) is 4.74 Å². The topological polar surface area (TPSA) is 102 Å². The molecule has 9 heteroatoms. The number of piperidine rings is 1. The zero-order chi connectivity index (χ0) is 20.1. The molecule has 2 aromatic rings. The standard InChI is InChI=1S/C19H26N6O3/c1-19(2,3)28-18(27)21-15-9-11-24(12-10-15)17(26)16(25-13-20-22-23-25)14-7-5-4-6-8-14/h4-8,13,15-16H,9-12H2,1-3H3,(H,21,27)/t16-/m0/s1. The molecule has 28 heavy (non-hydrogen) atoms. The highest BCUT2D eigenvalue weighted by Crippen LogP contribution is 2.22. The quantitative estimate of drug-likeness (QED) is 0.859. The van der Waals surface area contributed by atoms with Gasteiger partial charge in [0.15, 0.2) is 6.04 Å². The fraction of sp³-hybridized carbons (Fsp3) is 0.526. The van der Waals surface area contributed by atoms with Gasteiger partial charge in [0.2, 0.25) is 0 Å². The number of tetrazole rings is 1. The summed E-state index contributed by atoms with van der Waals surface area (Å²) in [5.41, 5.74) is 0.295. The van der Waals surface area contributed by atoms with Gasteiger partial charge in [-0.05, 0) is 49.6 Å². The number of nitrogens with zero attached hydrogens (tertiary/aromatic N) is 5. The Morgan fingerprint density at radius 3 is 2.43 bits per heavy atom. The van der Waals surface area contributed by atoms with Gasteiger partial charge in [-0.25, -0.2) is 9.48 Å². The van der Waals surface area contributed by atoms with Crippen LogP contribution in [0.15, 0.2) is 36.7 Å². The van der Waals surface area contributed by atoms with Crippen LogP contribution in [0.1, 0.15) is 45.2 Å². The van der Waals surface area contributed by atoms with Crippen LogP contribution < -0.4 is 5.32 Å². The number of likely N-dealkylation sites (tertiary alicyclic amines) is 1. The summed E-state index contributed by atoms with van der Waals surface area (Å²) in [6, 6.07) is 8.84. The molecule has 0 spiro atoms. The minimum atomic E-state index is -0.605. The lowest BCUT2D eigenvalue weighted by Gasteiger charge is -2.34. The van der Waals surface area contributed by atoms with E-state index >= 15 is 0 Å². The van der Waals surface area contributed by atoms with Gasteiger partial charge < -0.3 is 15.0 Å². The molecule has 1 atom stereocenters. The highest BCUT2D eigenvalue weighted by Gasteiger charge is 2.32. The van der Waals surface area contributed by atoms with E-state index in [9.17, 15) is 9.59 Å². The van der Waals surface area contributed by atoms with Crippen molar-refractivity contribution in [1.82, 2.24) is 30.4 Å². The van der Waals surface area contributed by atoms with Gasteiger partial charge in [0.05, 0.1) is 0 Å². The van der Waals surface area contributed by atoms with Gasteiger partial charge in [0.25, 0.3) is 5.91 Å². The predicted octanol–water partition coefficient (Wildman–Crippen LogP) is 1.78. The molecule has 9 nitrogen and oxygen atoms in total. The maximum atomic E-state index is 13.2. The molecule has 3 rings (SSSR count). The number of hydrogen-bond donors (Lipinski definition) is 1. The Kier molecular flexibility index (Phi) is 5.91. The Morgan fingerprint density at radius 2 is 1.86 bits per heavy atom. The van der Waals surface area contributed by atoms with Crippen LogP contribution >= 0.6 is 0 Å². The monoisotopic (exact) mass is 386 g/mol. The molecule has 1 fully saturated rings. The summed E-state index contributed by atoms with van der Waals surface area (Å²) >= 11 is 0. The van der Waals surface area contributed by atoms with Gasteiger partial charge >= 0.3 is 6.09 Å². The smallest absolute Gasteiger partial charge is 0.407 e. The van der Waals surface area contributed by atoms with E-state index in [1.165, 1.54) is 11.0 Å². The zero-order valence-electron chi connectivity index (χ0n) is 16.4. The minimum absolute atomic E-state index is 0.0119. The van der Waals surface area contributed by atoms with E-state index in [0.29, 0.717) is 25.9 Å². The summed E-state index contributed by atoms with van der Waals surface area (Å²) in [6.07, 6.45) is 2.37. The molecule has 150 valence electrons. The lowest BCUT2D eigenvalue weighted by atomic mass is 10.0. The molecular weight excluding hydrogens is 360 g/mol. The van der Waals surface area contributed by atoms with Crippen molar-refractivity contribution < 1.29 is 14.3 Å². The second-order valence-corrected chi connectivity index (χ2v) is 7.85. The van der Waals surface area contributed by atoms with Crippen molar-refractivity contribution in [3.05, 3.63) is 42.2 Å². The van der Waals surface area contributed by atoms with Gasteiger partial charge in [0, 0.05) is 19.1 Å². The molecule has 2 heterocycles. The normalized spacial score (nSPS) is 16.5. The van der Waals surface area contributed by atoms with Crippen LogP contribution in [-0.2, 0) is 9.53 Å². The van der Waals surface area contributed by atoms with E-state index in [2.05, 4.69) is 20.8 Å². The summed E-state index contributed by atoms with van der Waals surface area (Å²) < 4.78 is 6.78. The summed E-state index contributed by atoms with van der Waals surface area (Å²) in [5, 5.41) is 14.2. The van der Waals surface area contributed by atoms with Crippen molar-refractivity contribution in [3.8, 4) is 0 Å². The molecule has 0 aliphatic carbocycles. The Hall–Kier alpha value is -2.97. The maximum absolute atomic E-state index is 13.2. The molecule has 1 saturated heterocycles. The predicted molar refractivity (Wildman–Crippen MR) is 101 cm³/mol. The first-order valence-corrected chi connectivity index (χ1v) is 9.39. The molecule has 1 aromatic heterocycles. The number of carbonyl (C=O) groups excluding carboxylic acids is 2. The maximum Gasteiger partial charge on any atom is 0.407 e. The van der Waals surface area contributed by atoms with Crippen molar-refractivity contribution in [2.24, 2.45) is 0 Å². The summed E-state index contributed by atoms with van der Waals surface area (Å²) in [7, 11) is 0. The van der Waals surface area contributed by atoms with Crippen LogP contribution in [0.2, 0.25) is 0 Å². The number of nitrogens with one attached hydrogen (secondary N) is 1. The Morgan fingerprint density at radius 1 is 1.18 bits per heavy atom. The van der Waals surface area contributed by atoms with Crippen LogP contribution in [0.3, 0.4) is 0 Å². The number of ether oxygens (including phenoxy) is 1. The van der Waals surface area contributed by atoms with E-state index in [0.717, 1.165) is 5.56 Å². The van der Waals surface area contributed by atoms with Crippen LogP contribution in [0.25, 0.3) is 0 Å². The van der Waals surface area contributed by atoms with Crippen molar-refractivity contribution in [2.45, 2.75) is 51.3 Å². The number of carbonyl (C=O) groups is 2. The van der Waals surface area contributed by atoms with E-state index in [1.54, 1.807) is 4.90 Å². The van der Waals surface area contributed by atoms with E-state index in [1.807, 2.05) is 51.1 Å². The number of aromatic nitrogens is 4. The lowest BCUT2D eigenvalue weighted by molar-refractivity contribution is -0.135. The Bertz CT molecular complexity index is 780. The Balaban J connectivity index is 1.63. The molecule has 0 radical (unpaired) electrons. The largest absolute Gasteiger partial charge is 0.444 e. The van der Waals surface area contributed by atoms with Gasteiger partial charge in [-0.2, -0.15) is 0 Å². The van der Waals surface area contributed by atoms with Gasteiger partial charge in [-0.15, -0.1) is 5.10 Å². The fourth-order valence-corrected chi connectivity index (χ4v) is 3.22. The number of hydrogen-bond acceptors (Lipinski definition) is 6. The summed E-state index contributed by atoms with van der Waals surface area (Å²) in [6.45, 7) is 6.58. The molecule has 0 saturated carbocycles. The van der Waals surface area contributed by atoms with Gasteiger partial charge in [0.1, 0.15) is 11.9 Å². The zero-order valence-corrected chi connectivity index (χ0v) is 16.4. The molecule has 1 N–H and O–H groups in total. The van der Waals surface area contributed by atoms with Crippen molar-refractivity contribution in [1.29, 1.82) is 0 Å². The highest BCUT2D eigenvalue weighted by molar-refractivity contribution is 5.83. The molecule has 1 aliphatic heterocycles. The average molecular weight is 386 g/mol. The SMILES string of the molecule is CC(C)(C)OC(=O)NC1CCN(C(=O)[C@H](c2ccccc2)n2cnnn2)CC1. The minimum Gasteiger partial charge on any atom is -0.444 e. The number of amides is 2. The Labute approximate surface area is 164 Å². The second-order valence-electron chi connectivity index (χ2n) is 7.85. The first-order chi connectivity index (χ1) is 13.3. The summed E-state index contributed by atoms with van der Waals surface area (Å²) in [5.74, 6) is -0.0609. The van der Waals surface area contributed by atoms with Gasteiger partial charge in [-0.1, -0.05) is 30.3 Å². The van der Waals surface area contributed by atoms with Crippen LogP contribution in [0.5, 0.6) is 0 Å². The third-order valence-corrected chi connectivity index (χ3v) is 4.51. The molecule has 1 aliphatic rings. The third-order valence-electron chi connectivity index (χ3n) is 4.51. The number of alkyl carbamates (subject to hydrolysis) is 1. The average Bonchev–Trinajstić information content (AvgIpc) is 3.16. The first-order valence-electron chi connectivity index (χ1n) is 9.39. The molecule has 0 bridgehead atoms. The molecular formula is C19H26N6O3. The summed E-state index contributed by atoms with van der Waals surface area (Å²) in [4.78, 5) is 27.0. The van der Waals surface area contributed by atoms with Crippen LogP contribution in [0, 0.1) is 0 Å². The highest BCUT2D eigenvalue weighted by atomic mass is 16.6. The number of rotatable bonds is 4. The fourth-order valence-electron chi connectivity index (χ4n) is 3.22. The van der Waals surface area contributed by atoms with E-state index in [-0.39, 0.29) is 11.9 Å². The second kappa shape index (κ2) is 8.37. The molecule has 1 aromatic carbocycles. The number of benzene rings is 1. The van der Waals surface area contributed by atoms with E-state index < -0.39 is 17.7 Å². The van der Waals surface area contributed by atoms with Crippen molar-refractivity contribution in [3.63, 3.8) is 0 Å².